The highest BCUT2D eigenvalue weighted by Crippen LogP contribution is 2.18. The van der Waals surface area contributed by atoms with Gasteiger partial charge >= 0.3 is 6.09 Å². The Labute approximate surface area is 102 Å². The summed E-state index contributed by atoms with van der Waals surface area (Å²) in [6.45, 7) is -0.277. The molecule has 1 aromatic carbocycles. The summed E-state index contributed by atoms with van der Waals surface area (Å²) < 4.78 is 6.12. The third-order valence-corrected chi connectivity index (χ3v) is 2.06. The van der Waals surface area contributed by atoms with Gasteiger partial charge in [-0.3, -0.25) is 5.32 Å². The molecule has 0 aliphatic carbocycles. The summed E-state index contributed by atoms with van der Waals surface area (Å²) in [6, 6.07) is 6.99. The standard InChI is InChI=1S/C10H11N5O3/c16-5-6-18-10(17)12-8-3-1-2-4-9(8)15-7-11-13-14-15/h1-4,7,16H,5-6H2,(H,12,17). The van der Waals surface area contributed by atoms with Gasteiger partial charge in [-0.15, -0.1) is 5.10 Å². The summed E-state index contributed by atoms with van der Waals surface area (Å²) in [5, 5.41) is 21.9. The number of rotatable bonds is 4. The molecule has 2 aromatic rings. The van der Waals surface area contributed by atoms with Gasteiger partial charge in [0.15, 0.2) is 0 Å². The number of benzene rings is 1. The van der Waals surface area contributed by atoms with Crippen molar-refractivity contribution in [1.82, 2.24) is 20.2 Å². The minimum Gasteiger partial charge on any atom is -0.447 e. The van der Waals surface area contributed by atoms with Crippen LogP contribution >= 0.6 is 0 Å². The van der Waals surface area contributed by atoms with Crippen molar-refractivity contribution in [2.24, 2.45) is 0 Å². The first-order valence-electron chi connectivity index (χ1n) is 5.18. The maximum absolute atomic E-state index is 11.4. The van der Waals surface area contributed by atoms with E-state index >= 15 is 0 Å². The van der Waals surface area contributed by atoms with Crippen molar-refractivity contribution in [3.63, 3.8) is 0 Å². The summed E-state index contributed by atoms with van der Waals surface area (Å²) in [6.07, 6.45) is 0.768. The second-order valence-electron chi connectivity index (χ2n) is 3.26. The number of hydrogen-bond donors (Lipinski definition) is 2. The van der Waals surface area contributed by atoms with Crippen molar-refractivity contribution >= 4 is 11.8 Å². The molecule has 1 amide bonds. The molecule has 1 aromatic heterocycles. The number of ether oxygens (including phenoxy) is 1. The lowest BCUT2D eigenvalue weighted by Crippen LogP contribution is -2.17. The number of aliphatic hydroxyl groups is 1. The average Bonchev–Trinajstić information content (AvgIpc) is 2.91. The molecule has 18 heavy (non-hydrogen) atoms. The molecule has 0 unspecified atom stereocenters. The molecular weight excluding hydrogens is 238 g/mol. The number of aromatic nitrogens is 4. The Morgan fingerprint density at radius 2 is 2.28 bits per heavy atom. The second kappa shape index (κ2) is 5.73. The number of tetrazole rings is 1. The lowest BCUT2D eigenvalue weighted by molar-refractivity contribution is 0.131. The zero-order valence-electron chi connectivity index (χ0n) is 9.35. The first-order valence-corrected chi connectivity index (χ1v) is 5.18. The largest absolute Gasteiger partial charge is 0.447 e. The first-order chi connectivity index (χ1) is 8.81. The van der Waals surface area contributed by atoms with Gasteiger partial charge in [0, 0.05) is 0 Å². The summed E-state index contributed by atoms with van der Waals surface area (Å²) >= 11 is 0. The van der Waals surface area contributed by atoms with Gasteiger partial charge in [0.05, 0.1) is 18.0 Å². The summed E-state index contributed by atoms with van der Waals surface area (Å²) in [5.41, 5.74) is 1.12. The zero-order valence-corrected chi connectivity index (χ0v) is 9.35. The first kappa shape index (κ1) is 12.0. The van der Waals surface area contributed by atoms with Gasteiger partial charge in [-0.2, -0.15) is 4.68 Å². The quantitative estimate of drug-likeness (QED) is 0.802. The van der Waals surface area contributed by atoms with E-state index in [0.717, 1.165) is 0 Å². The fourth-order valence-electron chi connectivity index (χ4n) is 1.34. The van der Waals surface area contributed by atoms with Crippen molar-refractivity contribution in [3.8, 4) is 5.69 Å². The summed E-state index contributed by atoms with van der Waals surface area (Å²) in [4.78, 5) is 11.4. The van der Waals surface area contributed by atoms with Gasteiger partial charge in [-0.05, 0) is 22.6 Å². The van der Waals surface area contributed by atoms with Gasteiger partial charge in [-0.25, -0.2) is 4.79 Å². The van der Waals surface area contributed by atoms with Crippen molar-refractivity contribution in [2.45, 2.75) is 0 Å². The molecular formula is C10H11N5O3. The highest BCUT2D eigenvalue weighted by molar-refractivity contribution is 5.87. The molecule has 0 spiro atoms. The number of anilines is 1. The molecule has 94 valence electrons. The van der Waals surface area contributed by atoms with E-state index in [4.69, 9.17) is 9.84 Å². The molecule has 0 fully saturated rings. The Bertz CT molecular complexity index is 514. The highest BCUT2D eigenvalue weighted by atomic mass is 16.6. The van der Waals surface area contributed by atoms with Crippen LogP contribution in [-0.4, -0.2) is 44.6 Å². The molecule has 0 saturated carbocycles. The third kappa shape index (κ3) is 2.80. The summed E-state index contributed by atoms with van der Waals surface area (Å²) in [5.74, 6) is 0. The van der Waals surface area contributed by atoms with Gasteiger partial charge in [0.1, 0.15) is 12.9 Å². The number of hydrogen-bond acceptors (Lipinski definition) is 6. The number of para-hydroxylation sites is 2. The number of nitrogens with one attached hydrogen (secondary N) is 1. The lowest BCUT2D eigenvalue weighted by atomic mass is 10.2. The van der Waals surface area contributed by atoms with E-state index in [-0.39, 0.29) is 13.2 Å². The molecule has 0 saturated heterocycles. The van der Waals surface area contributed by atoms with E-state index in [0.29, 0.717) is 11.4 Å². The molecule has 0 radical (unpaired) electrons. The molecule has 0 atom stereocenters. The van der Waals surface area contributed by atoms with E-state index in [1.165, 1.54) is 11.0 Å². The van der Waals surface area contributed by atoms with Crippen molar-refractivity contribution < 1.29 is 14.6 Å². The Kier molecular flexibility index (Phi) is 3.82. The predicted molar refractivity (Wildman–Crippen MR) is 61.2 cm³/mol. The van der Waals surface area contributed by atoms with E-state index in [9.17, 15) is 4.79 Å². The Morgan fingerprint density at radius 1 is 1.44 bits per heavy atom. The van der Waals surface area contributed by atoms with Crippen molar-refractivity contribution in [2.75, 3.05) is 18.5 Å². The second-order valence-corrected chi connectivity index (χ2v) is 3.26. The summed E-state index contributed by atoms with van der Waals surface area (Å²) in [7, 11) is 0. The van der Waals surface area contributed by atoms with Crippen molar-refractivity contribution in [3.05, 3.63) is 30.6 Å². The molecule has 8 heteroatoms. The van der Waals surface area contributed by atoms with Gasteiger partial charge in [-0.1, -0.05) is 12.1 Å². The third-order valence-electron chi connectivity index (χ3n) is 2.06. The molecule has 1 heterocycles. The average molecular weight is 249 g/mol. The number of nitrogens with zero attached hydrogens (tertiary/aromatic N) is 4. The van der Waals surface area contributed by atoms with E-state index in [1.54, 1.807) is 24.3 Å². The van der Waals surface area contributed by atoms with Crippen LogP contribution in [-0.2, 0) is 4.74 Å². The molecule has 0 bridgehead atoms. The minimum atomic E-state index is -0.649. The van der Waals surface area contributed by atoms with Gasteiger partial charge in [0.25, 0.3) is 0 Å². The predicted octanol–water partition coefficient (Wildman–Crippen LogP) is 0.203. The molecule has 0 aliphatic heterocycles. The van der Waals surface area contributed by atoms with Gasteiger partial charge in [0.2, 0.25) is 0 Å². The van der Waals surface area contributed by atoms with Crippen LogP contribution in [0, 0.1) is 0 Å². The highest BCUT2D eigenvalue weighted by Gasteiger charge is 2.09. The molecule has 8 nitrogen and oxygen atoms in total. The number of carbonyl (C=O) groups is 1. The van der Waals surface area contributed by atoms with E-state index < -0.39 is 6.09 Å². The fraction of sp³-hybridized carbons (Fsp3) is 0.200. The number of carbonyl (C=O) groups excluding carboxylic acids is 1. The molecule has 0 aliphatic rings. The zero-order chi connectivity index (χ0) is 12.8. The Morgan fingerprint density at radius 3 is 3.00 bits per heavy atom. The topological polar surface area (TPSA) is 102 Å². The smallest absolute Gasteiger partial charge is 0.411 e. The minimum absolute atomic E-state index is 0.0567. The van der Waals surface area contributed by atoms with Crippen molar-refractivity contribution in [1.29, 1.82) is 0 Å². The van der Waals surface area contributed by atoms with Crippen LogP contribution in [0.5, 0.6) is 0 Å². The van der Waals surface area contributed by atoms with Crippen LogP contribution in [0.3, 0.4) is 0 Å². The monoisotopic (exact) mass is 249 g/mol. The molecule has 2 rings (SSSR count). The van der Waals surface area contributed by atoms with Crippen LogP contribution in [0.1, 0.15) is 0 Å². The van der Waals surface area contributed by atoms with Gasteiger partial charge < -0.3 is 9.84 Å². The number of aliphatic hydroxyl groups excluding tert-OH is 1. The molecule has 2 N–H and O–H groups in total. The number of amides is 1. The SMILES string of the molecule is O=C(Nc1ccccc1-n1cnnn1)OCCO. The lowest BCUT2D eigenvalue weighted by Gasteiger charge is -2.09. The Balaban J connectivity index is 2.16. The van der Waals surface area contributed by atoms with Crippen LogP contribution in [0.25, 0.3) is 5.69 Å². The maximum Gasteiger partial charge on any atom is 0.411 e. The van der Waals surface area contributed by atoms with Crippen LogP contribution in [0.15, 0.2) is 30.6 Å². The normalized spacial score (nSPS) is 10.1. The Hall–Kier alpha value is -2.48. The van der Waals surface area contributed by atoms with Crippen LogP contribution in [0.4, 0.5) is 10.5 Å². The van der Waals surface area contributed by atoms with Crippen LogP contribution < -0.4 is 5.32 Å². The fourth-order valence-corrected chi connectivity index (χ4v) is 1.34. The van der Waals surface area contributed by atoms with E-state index in [1.807, 2.05) is 0 Å². The maximum atomic E-state index is 11.4. The van der Waals surface area contributed by atoms with E-state index in [2.05, 4.69) is 20.8 Å². The van der Waals surface area contributed by atoms with Crippen LogP contribution in [0.2, 0.25) is 0 Å².